The molecular formula is C19H24N2O2. The maximum Gasteiger partial charge on any atom is 0.227 e. The topological polar surface area (TPSA) is 46.3 Å². The number of benzene rings is 1. The summed E-state index contributed by atoms with van der Waals surface area (Å²) in [6.07, 6.45) is 2.48. The first-order chi connectivity index (χ1) is 11.0. The highest BCUT2D eigenvalue weighted by atomic mass is 16.5. The molecule has 0 radical (unpaired) electrons. The Bertz CT molecular complexity index is 713. The number of amides is 1. The van der Waals surface area contributed by atoms with Crippen LogP contribution in [0.15, 0.2) is 22.7 Å². The number of rotatable bonds is 3. The zero-order valence-electron chi connectivity index (χ0n) is 14.3. The first kappa shape index (κ1) is 15.8. The van der Waals surface area contributed by atoms with Crippen molar-refractivity contribution >= 4 is 5.91 Å². The maximum atomic E-state index is 12.8. The molecule has 0 saturated carbocycles. The highest BCUT2D eigenvalue weighted by Gasteiger charge is 2.30. The van der Waals surface area contributed by atoms with Crippen LogP contribution < -0.4 is 0 Å². The Labute approximate surface area is 137 Å². The maximum absolute atomic E-state index is 12.8. The van der Waals surface area contributed by atoms with Crippen molar-refractivity contribution in [2.45, 2.75) is 53.0 Å². The fourth-order valence-corrected chi connectivity index (χ4v) is 3.39. The van der Waals surface area contributed by atoms with Gasteiger partial charge in [0.15, 0.2) is 0 Å². The Morgan fingerprint density at radius 1 is 1.26 bits per heavy atom. The molecule has 1 aliphatic rings. The summed E-state index contributed by atoms with van der Waals surface area (Å²) < 4.78 is 5.18. The summed E-state index contributed by atoms with van der Waals surface area (Å²) in [5, 5.41) is 3.95. The minimum Gasteiger partial charge on any atom is -0.361 e. The molecule has 0 spiro atoms. The number of hydrogen-bond acceptors (Lipinski definition) is 3. The fourth-order valence-electron chi connectivity index (χ4n) is 3.39. The van der Waals surface area contributed by atoms with Crippen LogP contribution in [0, 0.1) is 27.7 Å². The van der Waals surface area contributed by atoms with E-state index in [1.165, 1.54) is 16.7 Å². The molecule has 3 rings (SSSR count). The normalized spacial score (nSPS) is 17.7. The van der Waals surface area contributed by atoms with Crippen molar-refractivity contribution < 1.29 is 9.32 Å². The van der Waals surface area contributed by atoms with Crippen molar-refractivity contribution in [2.75, 3.05) is 6.54 Å². The van der Waals surface area contributed by atoms with E-state index in [1.54, 1.807) is 0 Å². The summed E-state index contributed by atoms with van der Waals surface area (Å²) in [5.74, 6) is 0.915. The summed E-state index contributed by atoms with van der Waals surface area (Å²) >= 11 is 0. The van der Waals surface area contributed by atoms with Crippen LogP contribution in [0.3, 0.4) is 0 Å². The summed E-state index contributed by atoms with van der Waals surface area (Å²) in [7, 11) is 0. The lowest BCUT2D eigenvalue weighted by Gasteiger charge is -2.25. The van der Waals surface area contributed by atoms with Crippen molar-refractivity contribution in [3.63, 3.8) is 0 Å². The van der Waals surface area contributed by atoms with E-state index in [1.807, 2.05) is 18.7 Å². The summed E-state index contributed by atoms with van der Waals surface area (Å²) in [6.45, 7) is 8.84. The molecule has 23 heavy (non-hydrogen) atoms. The molecule has 1 fully saturated rings. The van der Waals surface area contributed by atoms with Gasteiger partial charge in [-0.15, -0.1) is 0 Å². The van der Waals surface area contributed by atoms with Crippen molar-refractivity contribution in [3.05, 3.63) is 51.9 Å². The SMILES string of the molecule is Cc1ccc(C2CCCN2C(=O)Cc2c(C)noc2C)cc1C. The lowest BCUT2D eigenvalue weighted by atomic mass is 9.99. The van der Waals surface area contributed by atoms with E-state index in [0.29, 0.717) is 6.42 Å². The first-order valence-corrected chi connectivity index (χ1v) is 8.25. The number of aryl methyl sites for hydroxylation is 4. The van der Waals surface area contributed by atoms with Gasteiger partial charge in [-0.25, -0.2) is 0 Å². The third-order valence-electron chi connectivity index (χ3n) is 5.00. The van der Waals surface area contributed by atoms with Crippen LogP contribution in [0.4, 0.5) is 0 Å². The quantitative estimate of drug-likeness (QED) is 0.865. The Balaban J connectivity index is 1.81. The number of carbonyl (C=O) groups excluding carboxylic acids is 1. The van der Waals surface area contributed by atoms with Crippen LogP contribution in [-0.4, -0.2) is 22.5 Å². The van der Waals surface area contributed by atoms with E-state index in [9.17, 15) is 4.79 Å². The van der Waals surface area contributed by atoms with Crippen molar-refractivity contribution in [1.82, 2.24) is 10.1 Å². The predicted octanol–water partition coefficient (Wildman–Crippen LogP) is 3.81. The predicted molar refractivity (Wildman–Crippen MR) is 89.3 cm³/mol. The van der Waals surface area contributed by atoms with Gasteiger partial charge in [0.05, 0.1) is 18.2 Å². The molecule has 1 aromatic carbocycles. The molecule has 1 atom stereocenters. The number of carbonyl (C=O) groups is 1. The Morgan fingerprint density at radius 3 is 2.70 bits per heavy atom. The van der Waals surface area contributed by atoms with E-state index < -0.39 is 0 Å². The second-order valence-corrected chi connectivity index (χ2v) is 6.57. The average Bonchev–Trinajstić information content (AvgIpc) is 3.12. The number of aromatic nitrogens is 1. The van der Waals surface area contributed by atoms with Gasteiger partial charge in [-0.1, -0.05) is 23.4 Å². The second kappa shape index (κ2) is 6.19. The molecule has 0 bridgehead atoms. The van der Waals surface area contributed by atoms with E-state index in [0.717, 1.165) is 36.4 Å². The van der Waals surface area contributed by atoms with Gasteiger partial charge in [0.2, 0.25) is 5.91 Å². The Hall–Kier alpha value is -2.10. The highest BCUT2D eigenvalue weighted by molar-refractivity contribution is 5.80. The van der Waals surface area contributed by atoms with Gasteiger partial charge < -0.3 is 9.42 Å². The Morgan fingerprint density at radius 2 is 2.04 bits per heavy atom. The van der Waals surface area contributed by atoms with Gasteiger partial charge in [-0.2, -0.15) is 0 Å². The molecule has 0 N–H and O–H groups in total. The van der Waals surface area contributed by atoms with E-state index in [4.69, 9.17) is 4.52 Å². The van der Waals surface area contributed by atoms with Gasteiger partial charge >= 0.3 is 0 Å². The molecule has 2 heterocycles. The molecule has 1 unspecified atom stereocenters. The van der Waals surface area contributed by atoms with Crippen LogP contribution >= 0.6 is 0 Å². The van der Waals surface area contributed by atoms with Crippen LogP contribution in [0.2, 0.25) is 0 Å². The van der Waals surface area contributed by atoms with Gasteiger partial charge in [-0.05, 0) is 57.2 Å². The lowest BCUT2D eigenvalue weighted by molar-refractivity contribution is -0.131. The molecule has 4 nitrogen and oxygen atoms in total. The smallest absolute Gasteiger partial charge is 0.227 e. The molecule has 2 aromatic rings. The minimum atomic E-state index is 0.167. The second-order valence-electron chi connectivity index (χ2n) is 6.57. The van der Waals surface area contributed by atoms with E-state index in [-0.39, 0.29) is 11.9 Å². The molecule has 0 aliphatic carbocycles. The zero-order chi connectivity index (χ0) is 16.6. The molecule has 122 valence electrons. The van der Waals surface area contributed by atoms with Gasteiger partial charge in [-0.3, -0.25) is 4.79 Å². The first-order valence-electron chi connectivity index (χ1n) is 8.25. The number of nitrogens with zero attached hydrogens (tertiary/aromatic N) is 2. The Kier molecular flexibility index (Phi) is 4.24. The van der Waals surface area contributed by atoms with Gasteiger partial charge in [0.1, 0.15) is 5.76 Å². The minimum absolute atomic E-state index is 0.167. The van der Waals surface area contributed by atoms with Crippen molar-refractivity contribution in [1.29, 1.82) is 0 Å². The van der Waals surface area contributed by atoms with Gasteiger partial charge in [0, 0.05) is 12.1 Å². The molecule has 1 saturated heterocycles. The van der Waals surface area contributed by atoms with E-state index >= 15 is 0 Å². The van der Waals surface area contributed by atoms with Crippen LogP contribution in [0.5, 0.6) is 0 Å². The molecule has 1 amide bonds. The standard InChI is InChI=1S/C19H24N2O2/c1-12-7-8-16(10-13(12)2)18-6-5-9-21(18)19(22)11-17-14(3)20-23-15(17)4/h7-8,10,18H,5-6,9,11H2,1-4H3. The summed E-state index contributed by atoms with van der Waals surface area (Å²) in [5.41, 5.74) is 5.57. The van der Waals surface area contributed by atoms with E-state index in [2.05, 4.69) is 37.2 Å². The average molecular weight is 312 g/mol. The van der Waals surface area contributed by atoms with Crippen LogP contribution in [0.1, 0.15) is 52.6 Å². The summed E-state index contributed by atoms with van der Waals surface area (Å²) in [4.78, 5) is 14.8. The fraction of sp³-hybridized carbons (Fsp3) is 0.474. The molecule has 1 aromatic heterocycles. The van der Waals surface area contributed by atoms with Crippen molar-refractivity contribution in [3.8, 4) is 0 Å². The molecule has 4 heteroatoms. The van der Waals surface area contributed by atoms with Crippen LogP contribution in [-0.2, 0) is 11.2 Å². The number of likely N-dealkylation sites (tertiary alicyclic amines) is 1. The van der Waals surface area contributed by atoms with Crippen molar-refractivity contribution in [2.24, 2.45) is 0 Å². The zero-order valence-corrected chi connectivity index (χ0v) is 14.3. The monoisotopic (exact) mass is 312 g/mol. The lowest BCUT2D eigenvalue weighted by Crippen LogP contribution is -2.32. The number of hydrogen-bond donors (Lipinski definition) is 0. The van der Waals surface area contributed by atoms with Crippen LogP contribution in [0.25, 0.3) is 0 Å². The molecule has 1 aliphatic heterocycles. The summed E-state index contributed by atoms with van der Waals surface area (Å²) in [6, 6.07) is 6.73. The largest absolute Gasteiger partial charge is 0.361 e. The van der Waals surface area contributed by atoms with Gasteiger partial charge in [0.25, 0.3) is 0 Å². The third kappa shape index (κ3) is 3.03. The highest BCUT2D eigenvalue weighted by Crippen LogP contribution is 2.33. The third-order valence-corrected chi connectivity index (χ3v) is 5.00. The molecular weight excluding hydrogens is 288 g/mol.